The van der Waals surface area contributed by atoms with Crippen molar-refractivity contribution in [3.8, 4) is 0 Å². The van der Waals surface area contributed by atoms with Crippen molar-refractivity contribution >= 4 is 5.97 Å². The van der Waals surface area contributed by atoms with E-state index in [0.717, 1.165) is 6.42 Å². The van der Waals surface area contributed by atoms with E-state index >= 15 is 0 Å². The Bertz CT molecular complexity index is 131. The quantitative estimate of drug-likeness (QED) is 0.639. The number of aliphatic carboxylic acids is 1. The van der Waals surface area contributed by atoms with E-state index in [1.165, 1.54) is 12.8 Å². The van der Waals surface area contributed by atoms with Crippen LogP contribution < -0.4 is 0 Å². The molecule has 0 spiro atoms. The second kappa shape index (κ2) is 3.04. The van der Waals surface area contributed by atoms with Crippen LogP contribution in [0.3, 0.4) is 0 Å². The largest absolute Gasteiger partial charge is 0.481 e. The molecule has 2 heteroatoms. The van der Waals surface area contributed by atoms with Crippen molar-refractivity contribution in [1.82, 2.24) is 0 Å². The van der Waals surface area contributed by atoms with Gasteiger partial charge in [0.1, 0.15) is 0 Å². The Kier molecular flexibility index (Phi) is 2.30. The molecule has 2 nitrogen and oxygen atoms in total. The zero-order valence-corrected chi connectivity index (χ0v) is 6.34. The molecule has 0 saturated heterocycles. The third-order valence-corrected chi connectivity index (χ3v) is 2.48. The fourth-order valence-corrected chi connectivity index (χ4v) is 1.75. The highest BCUT2D eigenvalue weighted by Crippen LogP contribution is 2.33. The summed E-state index contributed by atoms with van der Waals surface area (Å²) in [6.45, 7) is 2.15. The highest BCUT2D eigenvalue weighted by Gasteiger charge is 2.24. The molecule has 10 heavy (non-hydrogen) atoms. The summed E-state index contributed by atoms with van der Waals surface area (Å²) in [6, 6.07) is 0. The molecule has 1 rings (SSSR count). The first-order valence-corrected chi connectivity index (χ1v) is 3.92. The molecule has 0 bridgehead atoms. The van der Waals surface area contributed by atoms with Crippen LogP contribution in [0.4, 0.5) is 0 Å². The summed E-state index contributed by atoms with van der Waals surface area (Å²) in [5.74, 6) is 0.451. The van der Waals surface area contributed by atoms with E-state index in [1.54, 1.807) is 0 Å². The van der Waals surface area contributed by atoms with Crippen LogP contribution in [0, 0.1) is 11.8 Å². The normalized spacial score (nSPS) is 32.5. The van der Waals surface area contributed by atoms with E-state index in [4.69, 9.17) is 5.11 Å². The molecule has 0 aromatic rings. The standard InChI is InChI=1S/C8H14O2/c1-6-3-2-4-7(6)5-8(9)10/h6-7H,2-5H2,1H3,(H,9,10). The fourth-order valence-electron chi connectivity index (χ4n) is 1.75. The molecule has 58 valence electrons. The maximum Gasteiger partial charge on any atom is 0.303 e. The van der Waals surface area contributed by atoms with Gasteiger partial charge < -0.3 is 5.11 Å². The van der Waals surface area contributed by atoms with Crippen molar-refractivity contribution in [2.75, 3.05) is 0 Å². The van der Waals surface area contributed by atoms with Gasteiger partial charge in [-0.2, -0.15) is 0 Å². The number of carboxylic acid groups (broad SMARTS) is 1. The van der Waals surface area contributed by atoms with E-state index in [9.17, 15) is 4.79 Å². The first-order valence-electron chi connectivity index (χ1n) is 3.92. The molecule has 0 aromatic carbocycles. The van der Waals surface area contributed by atoms with Crippen LogP contribution in [-0.2, 0) is 4.79 Å². The number of rotatable bonds is 2. The molecule has 1 saturated carbocycles. The summed E-state index contributed by atoms with van der Waals surface area (Å²) >= 11 is 0. The topological polar surface area (TPSA) is 37.3 Å². The van der Waals surface area contributed by atoms with E-state index < -0.39 is 5.97 Å². The van der Waals surface area contributed by atoms with Crippen LogP contribution in [0.1, 0.15) is 32.6 Å². The van der Waals surface area contributed by atoms with Gasteiger partial charge in [-0.1, -0.05) is 19.8 Å². The Labute approximate surface area is 61.2 Å². The van der Waals surface area contributed by atoms with Crippen LogP contribution >= 0.6 is 0 Å². The average Bonchev–Trinajstić information content (AvgIpc) is 2.15. The van der Waals surface area contributed by atoms with Crippen molar-refractivity contribution in [3.05, 3.63) is 0 Å². The van der Waals surface area contributed by atoms with Crippen LogP contribution in [-0.4, -0.2) is 11.1 Å². The van der Waals surface area contributed by atoms with E-state index in [1.807, 2.05) is 0 Å². The van der Waals surface area contributed by atoms with Gasteiger partial charge in [0.15, 0.2) is 0 Å². The Morgan fingerprint density at radius 2 is 2.30 bits per heavy atom. The number of carboxylic acids is 1. The third kappa shape index (κ3) is 1.72. The van der Waals surface area contributed by atoms with Crippen LogP contribution in [0.25, 0.3) is 0 Å². The van der Waals surface area contributed by atoms with E-state index in [0.29, 0.717) is 18.3 Å². The summed E-state index contributed by atoms with van der Waals surface area (Å²) < 4.78 is 0. The summed E-state index contributed by atoms with van der Waals surface area (Å²) in [5, 5.41) is 8.49. The second-order valence-electron chi connectivity index (χ2n) is 3.27. The lowest BCUT2D eigenvalue weighted by atomic mass is 9.95. The molecular weight excluding hydrogens is 128 g/mol. The summed E-state index contributed by atoms with van der Waals surface area (Å²) in [5.41, 5.74) is 0. The molecule has 0 heterocycles. The highest BCUT2D eigenvalue weighted by molar-refractivity contribution is 5.67. The molecule has 0 radical (unpaired) electrons. The van der Waals surface area contributed by atoms with Gasteiger partial charge >= 0.3 is 5.97 Å². The van der Waals surface area contributed by atoms with Crippen molar-refractivity contribution in [2.24, 2.45) is 11.8 Å². The Morgan fingerprint density at radius 3 is 2.70 bits per heavy atom. The predicted octanol–water partition coefficient (Wildman–Crippen LogP) is 1.90. The van der Waals surface area contributed by atoms with Crippen LogP contribution in [0.2, 0.25) is 0 Å². The highest BCUT2D eigenvalue weighted by atomic mass is 16.4. The molecule has 0 amide bonds. The lowest BCUT2D eigenvalue weighted by Crippen LogP contribution is -2.09. The zero-order chi connectivity index (χ0) is 7.56. The SMILES string of the molecule is CC1CCCC1CC(=O)O. The molecule has 0 aromatic heterocycles. The zero-order valence-electron chi connectivity index (χ0n) is 6.34. The van der Waals surface area contributed by atoms with Gasteiger partial charge in [0.05, 0.1) is 0 Å². The second-order valence-corrected chi connectivity index (χ2v) is 3.27. The van der Waals surface area contributed by atoms with E-state index in [2.05, 4.69) is 6.92 Å². The fraction of sp³-hybridized carbons (Fsp3) is 0.875. The lowest BCUT2D eigenvalue weighted by molar-refractivity contribution is -0.138. The van der Waals surface area contributed by atoms with Gasteiger partial charge in [0, 0.05) is 6.42 Å². The van der Waals surface area contributed by atoms with Crippen molar-refractivity contribution < 1.29 is 9.90 Å². The van der Waals surface area contributed by atoms with Crippen LogP contribution in [0.5, 0.6) is 0 Å². The Hall–Kier alpha value is -0.530. The lowest BCUT2D eigenvalue weighted by Gasteiger charge is -2.10. The smallest absolute Gasteiger partial charge is 0.303 e. The molecule has 2 atom stereocenters. The minimum atomic E-state index is -0.640. The molecule has 1 aliphatic rings. The van der Waals surface area contributed by atoms with Gasteiger partial charge in [-0.25, -0.2) is 0 Å². The number of hydrogen-bond acceptors (Lipinski definition) is 1. The first kappa shape index (κ1) is 7.58. The van der Waals surface area contributed by atoms with Gasteiger partial charge in [0.2, 0.25) is 0 Å². The van der Waals surface area contributed by atoms with Gasteiger partial charge in [0.25, 0.3) is 0 Å². The molecule has 1 fully saturated rings. The van der Waals surface area contributed by atoms with Crippen molar-refractivity contribution in [2.45, 2.75) is 32.6 Å². The predicted molar refractivity (Wildman–Crippen MR) is 38.8 cm³/mol. The molecular formula is C8H14O2. The van der Waals surface area contributed by atoms with Crippen LogP contribution in [0.15, 0.2) is 0 Å². The van der Waals surface area contributed by atoms with Crippen molar-refractivity contribution in [1.29, 1.82) is 0 Å². The molecule has 1 aliphatic carbocycles. The summed E-state index contributed by atoms with van der Waals surface area (Å²) in [6.07, 6.45) is 3.94. The maximum absolute atomic E-state index is 10.3. The first-order chi connectivity index (χ1) is 4.70. The average molecular weight is 142 g/mol. The molecule has 1 N–H and O–H groups in total. The third-order valence-electron chi connectivity index (χ3n) is 2.48. The molecule has 2 unspecified atom stereocenters. The summed E-state index contributed by atoms with van der Waals surface area (Å²) in [7, 11) is 0. The monoisotopic (exact) mass is 142 g/mol. The Balaban J connectivity index is 2.33. The van der Waals surface area contributed by atoms with Gasteiger partial charge in [-0.05, 0) is 18.3 Å². The molecule has 0 aliphatic heterocycles. The van der Waals surface area contributed by atoms with Gasteiger partial charge in [-0.3, -0.25) is 4.79 Å². The number of carbonyl (C=O) groups is 1. The summed E-state index contributed by atoms with van der Waals surface area (Å²) in [4.78, 5) is 10.3. The number of hydrogen-bond donors (Lipinski definition) is 1. The van der Waals surface area contributed by atoms with E-state index in [-0.39, 0.29) is 0 Å². The Morgan fingerprint density at radius 1 is 1.60 bits per heavy atom. The maximum atomic E-state index is 10.3. The van der Waals surface area contributed by atoms with Gasteiger partial charge in [-0.15, -0.1) is 0 Å². The minimum Gasteiger partial charge on any atom is -0.481 e. The van der Waals surface area contributed by atoms with Crippen molar-refractivity contribution in [3.63, 3.8) is 0 Å². The minimum absolute atomic E-state index is 0.376.